The quantitative estimate of drug-likeness (QED) is 0.750. The van der Waals surface area contributed by atoms with E-state index in [-0.39, 0.29) is 0 Å². The lowest BCUT2D eigenvalue weighted by atomic mass is 9.79. The molecule has 0 aromatic carbocycles. The lowest BCUT2D eigenvalue weighted by molar-refractivity contribution is 0.0200. The monoisotopic (exact) mass is 225 g/mol. The predicted octanol–water partition coefficient (Wildman–Crippen LogP) is 2.97. The molecule has 3 atom stereocenters. The largest absolute Gasteiger partial charge is 0.375 e. The summed E-state index contributed by atoms with van der Waals surface area (Å²) in [4.78, 5) is 0. The summed E-state index contributed by atoms with van der Waals surface area (Å²) in [5, 5.41) is 3.54. The van der Waals surface area contributed by atoms with Crippen molar-refractivity contribution < 1.29 is 4.74 Å². The van der Waals surface area contributed by atoms with Gasteiger partial charge in [0.15, 0.2) is 0 Å². The first-order valence-electron chi connectivity index (χ1n) is 7.00. The first-order valence-corrected chi connectivity index (χ1v) is 7.00. The third-order valence-corrected chi connectivity index (χ3v) is 4.36. The van der Waals surface area contributed by atoms with Crippen molar-refractivity contribution in [1.29, 1.82) is 0 Å². The molecule has 2 heteroatoms. The molecule has 0 amide bonds. The topological polar surface area (TPSA) is 21.3 Å². The van der Waals surface area contributed by atoms with E-state index in [2.05, 4.69) is 26.1 Å². The second-order valence-electron chi connectivity index (χ2n) is 6.06. The van der Waals surface area contributed by atoms with Crippen LogP contribution in [0.25, 0.3) is 0 Å². The van der Waals surface area contributed by atoms with E-state index in [9.17, 15) is 0 Å². The van der Waals surface area contributed by atoms with E-state index in [1.165, 1.54) is 38.6 Å². The Morgan fingerprint density at radius 2 is 2.00 bits per heavy atom. The number of hydrogen-bond acceptors (Lipinski definition) is 2. The normalized spacial score (nSPS) is 33.9. The summed E-state index contributed by atoms with van der Waals surface area (Å²) in [6.45, 7) is 9.12. The van der Waals surface area contributed by atoms with E-state index in [1.54, 1.807) is 0 Å². The summed E-state index contributed by atoms with van der Waals surface area (Å²) in [5.41, 5.74) is 0.477. The minimum absolute atomic E-state index is 0.477. The summed E-state index contributed by atoms with van der Waals surface area (Å²) in [6, 6.07) is 0. The van der Waals surface area contributed by atoms with Crippen LogP contribution in [-0.4, -0.2) is 25.3 Å². The number of rotatable bonds is 6. The van der Waals surface area contributed by atoms with Gasteiger partial charge in [0.2, 0.25) is 0 Å². The Morgan fingerprint density at radius 1 is 1.25 bits per heavy atom. The molecule has 0 radical (unpaired) electrons. The molecule has 1 heterocycles. The van der Waals surface area contributed by atoms with Gasteiger partial charge >= 0.3 is 0 Å². The molecule has 2 rings (SSSR count). The molecule has 1 N–H and O–H groups in total. The van der Waals surface area contributed by atoms with E-state index in [0.717, 1.165) is 12.5 Å². The first kappa shape index (κ1) is 12.4. The molecule has 0 aromatic heterocycles. The number of nitrogens with one attached hydrogen (secondary N) is 1. The number of ether oxygens (including phenoxy) is 1. The molecule has 1 saturated carbocycles. The van der Waals surface area contributed by atoms with Crippen molar-refractivity contribution in [3.05, 3.63) is 0 Å². The Morgan fingerprint density at radius 3 is 2.50 bits per heavy atom. The zero-order valence-electron chi connectivity index (χ0n) is 11.1. The molecule has 94 valence electrons. The Balaban J connectivity index is 1.86. The second-order valence-corrected chi connectivity index (χ2v) is 6.06. The van der Waals surface area contributed by atoms with Gasteiger partial charge in [-0.25, -0.2) is 0 Å². The van der Waals surface area contributed by atoms with Crippen molar-refractivity contribution in [2.75, 3.05) is 13.1 Å². The van der Waals surface area contributed by atoms with E-state index in [1.807, 2.05) is 0 Å². The van der Waals surface area contributed by atoms with Crippen LogP contribution in [0.15, 0.2) is 0 Å². The van der Waals surface area contributed by atoms with Crippen molar-refractivity contribution in [3.8, 4) is 0 Å². The van der Waals surface area contributed by atoms with Gasteiger partial charge in [0.1, 0.15) is 0 Å². The molecule has 3 unspecified atom stereocenters. The maximum atomic E-state index is 5.99. The van der Waals surface area contributed by atoms with Crippen LogP contribution in [-0.2, 0) is 4.74 Å². The highest BCUT2D eigenvalue weighted by Gasteiger charge is 2.43. The molecule has 1 aliphatic carbocycles. The van der Waals surface area contributed by atoms with Crippen molar-refractivity contribution in [1.82, 2.24) is 5.32 Å². The van der Waals surface area contributed by atoms with Gasteiger partial charge in [-0.1, -0.05) is 13.8 Å². The number of hydrogen-bond donors (Lipinski definition) is 1. The fraction of sp³-hybridized carbons (Fsp3) is 1.00. The van der Waals surface area contributed by atoms with Gasteiger partial charge in [0.25, 0.3) is 0 Å². The SMILES string of the molecule is CCNCC(C)(CC1CCC(C)O1)C1CC1. The van der Waals surface area contributed by atoms with E-state index in [0.29, 0.717) is 17.6 Å². The van der Waals surface area contributed by atoms with Crippen molar-refractivity contribution in [2.24, 2.45) is 11.3 Å². The minimum Gasteiger partial charge on any atom is -0.375 e. The molecule has 0 spiro atoms. The van der Waals surface area contributed by atoms with Crippen LogP contribution in [0.3, 0.4) is 0 Å². The Labute approximate surface area is 100 Å². The fourth-order valence-corrected chi connectivity index (χ4v) is 3.13. The third kappa shape index (κ3) is 2.98. The van der Waals surface area contributed by atoms with Crippen LogP contribution in [0.1, 0.15) is 52.9 Å². The van der Waals surface area contributed by atoms with Gasteiger partial charge in [-0.3, -0.25) is 0 Å². The van der Waals surface area contributed by atoms with Crippen LogP contribution < -0.4 is 5.32 Å². The van der Waals surface area contributed by atoms with Gasteiger partial charge in [0.05, 0.1) is 12.2 Å². The average molecular weight is 225 g/mol. The molecule has 16 heavy (non-hydrogen) atoms. The molecule has 1 saturated heterocycles. The summed E-state index contributed by atoms with van der Waals surface area (Å²) in [5.74, 6) is 0.950. The van der Waals surface area contributed by atoms with Crippen molar-refractivity contribution in [2.45, 2.75) is 65.1 Å². The zero-order valence-corrected chi connectivity index (χ0v) is 11.1. The summed E-state index contributed by atoms with van der Waals surface area (Å²) < 4.78 is 5.99. The Kier molecular flexibility index (Phi) is 3.91. The Hall–Kier alpha value is -0.0800. The van der Waals surface area contributed by atoms with Gasteiger partial charge in [-0.05, 0) is 56.9 Å². The first-order chi connectivity index (χ1) is 7.64. The summed E-state index contributed by atoms with van der Waals surface area (Å²) in [6.07, 6.45) is 7.68. The van der Waals surface area contributed by atoms with Crippen molar-refractivity contribution >= 4 is 0 Å². The van der Waals surface area contributed by atoms with E-state index < -0.39 is 0 Å². The summed E-state index contributed by atoms with van der Waals surface area (Å²) >= 11 is 0. The highest BCUT2D eigenvalue weighted by Crippen LogP contribution is 2.49. The van der Waals surface area contributed by atoms with E-state index in [4.69, 9.17) is 4.74 Å². The molecule has 2 nitrogen and oxygen atoms in total. The van der Waals surface area contributed by atoms with Crippen LogP contribution in [0.2, 0.25) is 0 Å². The van der Waals surface area contributed by atoms with Gasteiger partial charge in [-0.2, -0.15) is 0 Å². The smallest absolute Gasteiger partial charge is 0.0585 e. The van der Waals surface area contributed by atoms with Crippen LogP contribution in [0, 0.1) is 11.3 Å². The average Bonchev–Trinajstić information content (AvgIpc) is 3.02. The molecule has 2 aliphatic rings. The molecule has 2 fully saturated rings. The lowest BCUT2D eigenvalue weighted by Crippen LogP contribution is -2.36. The molecule has 0 aromatic rings. The minimum atomic E-state index is 0.477. The van der Waals surface area contributed by atoms with Gasteiger partial charge in [0, 0.05) is 6.54 Å². The van der Waals surface area contributed by atoms with Gasteiger partial charge in [-0.15, -0.1) is 0 Å². The zero-order chi connectivity index (χ0) is 11.6. The lowest BCUT2D eigenvalue weighted by Gasteiger charge is -2.32. The molecule has 1 aliphatic heterocycles. The highest BCUT2D eigenvalue weighted by molar-refractivity contribution is 4.94. The van der Waals surface area contributed by atoms with Crippen LogP contribution in [0.4, 0.5) is 0 Å². The predicted molar refractivity (Wildman–Crippen MR) is 67.6 cm³/mol. The molecule has 0 bridgehead atoms. The maximum Gasteiger partial charge on any atom is 0.0585 e. The maximum absolute atomic E-state index is 5.99. The summed E-state index contributed by atoms with van der Waals surface area (Å²) in [7, 11) is 0. The van der Waals surface area contributed by atoms with Gasteiger partial charge < -0.3 is 10.1 Å². The van der Waals surface area contributed by atoms with Crippen LogP contribution in [0.5, 0.6) is 0 Å². The van der Waals surface area contributed by atoms with E-state index >= 15 is 0 Å². The standard InChI is InChI=1S/C14H27NO/c1-4-15-10-14(3,12-6-7-12)9-13-8-5-11(2)16-13/h11-13,15H,4-10H2,1-3H3. The molecular formula is C14H27NO. The second kappa shape index (κ2) is 5.05. The highest BCUT2D eigenvalue weighted by atomic mass is 16.5. The van der Waals surface area contributed by atoms with Crippen molar-refractivity contribution in [3.63, 3.8) is 0 Å². The third-order valence-electron chi connectivity index (χ3n) is 4.36. The molecular weight excluding hydrogens is 198 g/mol. The van der Waals surface area contributed by atoms with Crippen LogP contribution >= 0.6 is 0 Å². The fourth-order valence-electron chi connectivity index (χ4n) is 3.13. The Bertz CT molecular complexity index is 227.